The van der Waals surface area contributed by atoms with E-state index in [0.717, 1.165) is 17.9 Å². The van der Waals surface area contributed by atoms with Gasteiger partial charge in [-0.15, -0.1) is 0 Å². The lowest BCUT2D eigenvalue weighted by molar-refractivity contribution is 0.431. The van der Waals surface area contributed by atoms with Crippen LogP contribution in [-0.2, 0) is 10.8 Å². The Hall–Kier alpha value is -7.94. The second-order valence-corrected chi connectivity index (χ2v) is 18.7. The van der Waals surface area contributed by atoms with Gasteiger partial charge in [-0.25, -0.2) is 0 Å². The van der Waals surface area contributed by atoms with Crippen molar-refractivity contribution in [2.45, 2.75) is 37.1 Å². The lowest BCUT2D eigenvalue weighted by Gasteiger charge is -2.44. The summed E-state index contributed by atoms with van der Waals surface area (Å²) in [5.41, 5.74) is 21.8. The van der Waals surface area contributed by atoms with E-state index in [1.54, 1.807) is 0 Å². The highest BCUT2D eigenvalue weighted by molar-refractivity contribution is 5.95. The first kappa shape index (κ1) is 38.5. The standard InChI is InChI=1S/C64H47NO/c1-63(2)54-27-15-12-25-50(54)52-34-32-47(40-56(52)63)65(60-29-17-14-24-49(60)44-22-10-5-11-23-44)48-33-35-53-51-26-13-16-28-55(51)64(57(53)41-48)58-38-45(42-18-6-3-7-19-42)30-36-61(58)66-62-37-31-46(39-59(62)64)43-20-8-4-9-21-43/h3-40,48H,41H2,1-2H3. The lowest BCUT2D eigenvalue weighted by atomic mass is 9.63. The van der Waals surface area contributed by atoms with Crippen molar-refractivity contribution in [3.63, 3.8) is 0 Å². The predicted octanol–water partition coefficient (Wildman–Crippen LogP) is 16.4. The van der Waals surface area contributed by atoms with Crippen LogP contribution < -0.4 is 9.64 Å². The van der Waals surface area contributed by atoms with Gasteiger partial charge in [0.1, 0.15) is 11.5 Å². The van der Waals surface area contributed by atoms with Gasteiger partial charge in [0.15, 0.2) is 0 Å². The first-order valence-electron chi connectivity index (χ1n) is 23.3. The van der Waals surface area contributed by atoms with Gasteiger partial charge in [0.25, 0.3) is 0 Å². The molecule has 2 nitrogen and oxygen atoms in total. The van der Waals surface area contributed by atoms with Crippen LogP contribution in [0.1, 0.15) is 53.6 Å². The van der Waals surface area contributed by atoms with Crippen LogP contribution in [0.25, 0.3) is 50.1 Å². The number of fused-ring (bicyclic) bond motifs is 11. The third-order valence-electron chi connectivity index (χ3n) is 14.9. The summed E-state index contributed by atoms with van der Waals surface area (Å²) in [7, 11) is 0. The number of hydrogen-bond donors (Lipinski definition) is 0. The average Bonchev–Trinajstić information content (AvgIpc) is 3.79. The van der Waals surface area contributed by atoms with Crippen molar-refractivity contribution in [2.75, 3.05) is 4.90 Å². The highest BCUT2D eigenvalue weighted by Gasteiger charge is 2.53. The van der Waals surface area contributed by atoms with E-state index in [1.807, 2.05) is 0 Å². The third-order valence-corrected chi connectivity index (χ3v) is 14.9. The summed E-state index contributed by atoms with van der Waals surface area (Å²) >= 11 is 0. The first-order valence-corrected chi connectivity index (χ1v) is 23.3. The Balaban J connectivity index is 1.05. The molecule has 0 fully saturated rings. The molecule has 1 atom stereocenters. The highest BCUT2D eigenvalue weighted by atomic mass is 16.5. The van der Waals surface area contributed by atoms with E-state index in [0.29, 0.717) is 0 Å². The van der Waals surface area contributed by atoms with Crippen LogP contribution in [-0.4, -0.2) is 6.04 Å². The molecular weight excluding hydrogens is 799 g/mol. The van der Waals surface area contributed by atoms with Crippen LogP contribution in [0.5, 0.6) is 11.5 Å². The molecule has 0 bridgehead atoms. The molecule has 9 aromatic carbocycles. The summed E-state index contributed by atoms with van der Waals surface area (Å²) < 4.78 is 7.06. The van der Waals surface area contributed by atoms with Crippen molar-refractivity contribution in [3.8, 4) is 56.0 Å². The minimum atomic E-state index is -0.639. The van der Waals surface area contributed by atoms with Crippen LogP contribution in [0.4, 0.5) is 11.4 Å². The molecule has 13 rings (SSSR count). The second kappa shape index (κ2) is 14.8. The molecule has 0 saturated heterocycles. The minimum Gasteiger partial charge on any atom is -0.457 e. The number of para-hydroxylation sites is 1. The molecule has 1 spiro atoms. The van der Waals surface area contributed by atoms with Crippen LogP contribution in [0.3, 0.4) is 0 Å². The zero-order chi connectivity index (χ0) is 44.0. The van der Waals surface area contributed by atoms with Crippen molar-refractivity contribution in [2.24, 2.45) is 0 Å². The van der Waals surface area contributed by atoms with E-state index in [4.69, 9.17) is 4.74 Å². The van der Waals surface area contributed by atoms with E-state index in [2.05, 4.69) is 249 Å². The molecule has 66 heavy (non-hydrogen) atoms. The smallest absolute Gasteiger partial charge is 0.132 e. The number of hydrogen-bond acceptors (Lipinski definition) is 2. The molecule has 0 N–H and O–H groups in total. The van der Waals surface area contributed by atoms with Crippen molar-refractivity contribution >= 4 is 16.9 Å². The van der Waals surface area contributed by atoms with Crippen LogP contribution in [0, 0.1) is 0 Å². The van der Waals surface area contributed by atoms with Crippen molar-refractivity contribution < 1.29 is 4.74 Å². The van der Waals surface area contributed by atoms with Crippen LogP contribution in [0.15, 0.2) is 236 Å². The Labute approximate surface area is 387 Å². The molecule has 9 aromatic rings. The largest absolute Gasteiger partial charge is 0.457 e. The number of anilines is 2. The van der Waals surface area contributed by atoms with Crippen molar-refractivity contribution in [1.29, 1.82) is 0 Å². The number of nitrogens with zero attached hydrogens (tertiary/aromatic N) is 1. The van der Waals surface area contributed by atoms with Crippen molar-refractivity contribution in [3.05, 3.63) is 269 Å². The molecule has 2 heteroatoms. The molecule has 0 amide bonds. The minimum absolute atomic E-state index is 0.0332. The summed E-state index contributed by atoms with van der Waals surface area (Å²) in [6.07, 6.45) is 5.71. The van der Waals surface area contributed by atoms with Gasteiger partial charge in [0, 0.05) is 33.5 Å². The van der Waals surface area contributed by atoms with Crippen molar-refractivity contribution in [1.82, 2.24) is 0 Å². The normalized spacial score (nSPS) is 16.4. The summed E-state index contributed by atoms with van der Waals surface area (Å²) in [4.78, 5) is 2.64. The third kappa shape index (κ3) is 5.67. The Bertz CT molecular complexity index is 3360. The number of allylic oxidation sites excluding steroid dienone is 2. The maximum absolute atomic E-state index is 7.06. The molecular formula is C64H47NO. The van der Waals surface area contributed by atoms with E-state index >= 15 is 0 Å². The molecule has 1 heterocycles. The van der Waals surface area contributed by atoms with Gasteiger partial charge in [-0.2, -0.15) is 0 Å². The lowest BCUT2D eigenvalue weighted by Crippen LogP contribution is -2.38. The van der Waals surface area contributed by atoms with E-state index in [9.17, 15) is 0 Å². The number of benzene rings is 9. The maximum Gasteiger partial charge on any atom is 0.132 e. The van der Waals surface area contributed by atoms with Gasteiger partial charge in [-0.05, 0) is 121 Å². The SMILES string of the molecule is CC1(C)c2ccccc2-c2ccc(N(c3ccccc3-c3ccccc3)C3C=CC4=C(C3)C3(c5cc(-c6ccccc6)ccc5Oc5ccc(-c6ccccc6)cc53)c3ccccc34)cc21. The fourth-order valence-electron chi connectivity index (χ4n) is 11.9. The molecule has 0 saturated carbocycles. The van der Waals surface area contributed by atoms with Crippen LogP contribution in [0.2, 0.25) is 0 Å². The summed E-state index contributed by atoms with van der Waals surface area (Å²) in [5, 5.41) is 0. The molecule has 4 aliphatic rings. The monoisotopic (exact) mass is 845 g/mol. The van der Waals surface area contributed by atoms with Gasteiger partial charge in [-0.3, -0.25) is 0 Å². The molecule has 314 valence electrons. The number of rotatable bonds is 6. The van der Waals surface area contributed by atoms with E-state index < -0.39 is 5.41 Å². The predicted molar refractivity (Wildman–Crippen MR) is 273 cm³/mol. The second-order valence-electron chi connectivity index (χ2n) is 18.7. The van der Waals surface area contributed by atoms with Crippen LogP contribution >= 0.6 is 0 Å². The summed E-state index contributed by atoms with van der Waals surface area (Å²) in [5.74, 6) is 1.80. The van der Waals surface area contributed by atoms with Gasteiger partial charge in [-0.1, -0.05) is 202 Å². The zero-order valence-electron chi connectivity index (χ0n) is 37.1. The topological polar surface area (TPSA) is 12.5 Å². The Kier molecular flexibility index (Phi) is 8.64. The Morgan fingerprint density at radius 1 is 0.424 bits per heavy atom. The maximum atomic E-state index is 7.06. The van der Waals surface area contributed by atoms with E-state index in [1.165, 1.54) is 100 Å². The fraction of sp³-hybridized carbons (Fsp3) is 0.0938. The molecule has 3 aliphatic carbocycles. The zero-order valence-corrected chi connectivity index (χ0v) is 37.1. The highest BCUT2D eigenvalue weighted by Crippen LogP contribution is 2.64. The Morgan fingerprint density at radius 3 is 1.61 bits per heavy atom. The van der Waals surface area contributed by atoms with E-state index in [-0.39, 0.29) is 11.5 Å². The van der Waals surface area contributed by atoms with Gasteiger partial charge >= 0.3 is 0 Å². The summed E-state index contributed by atoms with van der Waals surface area (Å²) in [6, 6.07) is 80.4. The molecule has 1 unspecified atom stereocenters. The summed E-state index contributed by atoms with van der Waals surface area (Å²) in [6.45, 7) is 4.77. The van der Waals surface area contributed by atoms with Gasteiger partial charge < -0.3 is 9.64 Å². The Morgan fingerprint density at radius 2 is 0.955 bits per heavy atom. The first-order chi connectivity index (χ1) is 32.5. The quantitative estimate of drug-likeness (QED) is 0.165. The van der Waals surface area contributed by atoms with Gasteiger partial charge in [0.05, 0.1) is 11.5 Å². The fourth-order valence-corrected chi connectivity index (χ4v) is 11.9. The molecule has 1 aliphatic heterocycles. The molecule has 0 aromatic heterocycles. The average molecular weight is 846 g/mol. The number of ether oxygens (including phenoxy) is 1. The molecule has 0 radical (unpaired) electrons. The van der Waals surface area contributed by atoms with Gasteiger partial charge in [0.2, 0.25) is 0 Å².